The minimum Gasteiger partial charge on any atom is -0.427 e. The van der Waals surface area contributed by atoms with Gasteiger partial charge >= 0.3 is 6.16 Å². The molecule has 4 atom stereocenters. The van der Waals surface area contributed by atoms with Crippen LogP contribution in [-0.2, 0) is 9.47 Å². The lowest BCUT2D eigenvalue weighted by Gasteiger charge is -2.18. The van der Waals surface area contributed by atoms with E-state index in [-0.39, 0.29) is 12.2 Å². The zero-order chi connectivity index (χ0) is 9.71. The van der Waals surface area contributed by atoms with Crippen LogP contribution in [0.25, 0.3) is 0 Å². The van der Waals surface area contributed by atoms with Crippen molar-refractivity contribution in [1.29, 1.82) is 0 Å². The fourth-order valence-electron chi connectivity index (χ4n) is 3.75. The van der Waals surface area contributed by atoms with Gasteiger partial charge in [0, 0.05) is 11.8 Å². The molecule has 0 spiro atoms. The Morgan fingerprint density at radius 3 is 2.29 bits per heavy atom. The second-order valence-electron chi connectivity index (χ2n) is 4.77. The van der Waals surface area contributed by atoms with Gasteiger partial charge in [0.05, 0.1) is 0 Å². The van der Waals surface area contributed by atoms with E-state index in [4.69, 9.17) is 9.47 Å². The Balaban J connectivity index is 1.81. The average molecular weight is 196 g/mol. The molecular formula is C11H16O3. The van der Waals surface area contributed by atoms with Crippen molar-refractivity contribution in [3.63, 3.8) is 0 Å². The van der Waals surface area contributed by atoms with Crippen LogP contribution in [0, 0.1) is 17.8 Å². The summed E-state index contributed by atoms with van der Waals surface area (Å²) in [6, 6.07) is 0. The first-order valence-corrected chi connectivity index (χ1v) is 5.68. The minimum absolute atomic E-state index is 0.0952. The van der Waals surface area contributed by atoms with Gasteiger partial charge in [0.1, 0.15) is 12.2 Å². The van der Waals surface area contributed by atoms with Gasteiger partial charge in [-0.05, 0) is 25.2 Å². The Hall–Kier alpha value is -0.730. The summed E-state index contributed by atoms with van der Waals surface area (Å²) in [5, 5.41) is 0. The number of hydrogen-bond donors (Lipinski definition) is 0. The van der Waals surface area contributed by atoms with E-state index in [9.17, 15) is 4.79 Å². The molecule has 3 nitrogen and oxygen atoms in total. The van der Waals surface area contributed by atoms with Crippen molar-refractivity contribution in [1.82, 2.24) is 0 Å². The van der Waals surface area contributed by atoms with Crippen LogP contribution in [0.5, 0.6) is 0 Å². The molecule has 3 aliphatic rings. The van der Waals surface area contributed by atoms with Crippen LogP contribution in [0.2, 0.25) is 0 Å². The standard InChI is InChI=1S/C11H16O3/c1-2-3-6-7-4-5-8(6)10-9(7)13-11(12)14-10/h6-10H,2-5H2,1H3. The van der Waals surface area contributed by atoms with Gasteiger partial charge in [0.2, 0.25) is 0 Å². The molecule has 1 saturated heterocycles. The van der Waals surface area contributed by atoms with E-state index < -0.39 is 6.16 Å². The second kappa shape index (κ2) is 2.88. The molecule has 4 unspecified atom stereocenters. The molecule has 78 valence electrons. The number of fused-ring (bicyclic) bond motifs is 5. The second-order valence-corrected chi connectivity index (χ2v) is 4.77. The van der Waals surface area contributed by atoms with Crippen molar-refractivity contribution in [2.75, 3.05) is 0 Å². The van der Waals surface area contributed by atoms with Gasteiger partial charge in [0.25, 0.3) is 0 Å². The van der Waals surface area contributed by atoms with Gasteiger partial charge in [-0.1, -0.05) is 13.3 Å². The average Bonchev–Trinajstić information content (AvgIpc) is 2.75. The molecule has 0 N–H and O–H groups in total. The van der Waals surface area contributed by atoms with Crippen LogP contribution in [0.4, 0.5) is 4.79 Å². The van der Waals surface area contributed by atoms with Crippen molar-refractivity contribution in [3.05, 3.63) is 0 Å². The molecule has 0 radical (unpaired) electrons. The minimum atomic E-state index is -0.438. The normalized spacial score (nSPS) is 48.9. The lowest BCUT2D eigenvalue weighted by molar-refractivity contribution is 0.0886. The molecule has 3 rings (SSSR count). The Morgan fingerprint density at radius 2 is 1.79 bits per heavy atom. The molecule has 14 heavy (non-hydrogen) atoms. The lowest BCUT2D eigenvalue weighted by atomic mass is 9.92. The van der Waals surface area contributed by atoms with Gasteiger partial charge in [-0.15, -0.1) is 0 Å². The molecule has 0 aromatic heterocycles. The van der Waals surface area contributed by atoms with E-state index in [0.29, 0.717) is 11.8 Å². The quantitative estimate of drug-likeness (QED) is 0.636. The molecule has 2 aliphatic carbocycles. The van der Waals surface area contributed by atoms with Gasteiger partial charge < -0.3 is 9.47 Å². The Bertz CT molecular complexity index is 241. The van der Waals surface area contributed by atoms with Crippen molar-refractivity contribution < 1.29 is 14.3 Å². The Kier molecular flexibility index (Phi) is 1.76. The van der Waals surface area contributed by atoms with Crippen LogP contribution in [0.1, 0.15) is 32.6 Å². The van der Waals surface area contributed by atoms with Crippen molar-refractivity contribution in [2.45, 2.75) is 44.8 Å². The summed E-state index contributed by atoms with van der Waals surface area (Å²) in [6.45, 7) is 2.22. The maximum atomic E-state index is 11.0. The molecular weight excluding hydrogens is 180 g/mol. The highest BCUT2D eigenvalue weighted by atomic mass is 16.8. The van der Waals surface area contributed by atoms with Crippen LogP contribution < -0.4 is 0 Å². The van der Waals surface area contributed by atoms with E-state index in [1.807, 2.05) is 0 Å². The van der Waals surface area contributed by atoms with Crippen molar-refractivity contribution in [2.24, 2.45) is 17.8 Å². The highest BCUT2D eigenvalue weighted by molar-refractivity contribution is 5.63. The first-order chi connectivity index (χ1) is 6.81. The highest BCUT2D eigenvalue weighted by Gasteiger charge is 2.60. The first kappa shape index (κ1) is 8.57. The summed E-state index contributed by atoms with van der Waals surface area (Å²) in [6.07, 6.45) is 4.71. The molecule has 0 amide bonds. The van der Waals surface area contributed by atoms with Gasteiger partial charge in [-0.3, -0.25) is 0 Å². The third kappa shape index (κ3) is 0.956. The topological polar surface area (TPSA) is 35.5 Å². The third-order valence-corrected chi connectivity index (χ3v) is 4.19. The van der Waals surface area contributed by atoms with Crippen LogP contribution >= 0.6 is 0 Å². The zero-order valence-electron chi connectivity index (χ0n) is 8.44. The predicted octanol–water partition coefficient (Wildman–Crippen LogP) is 2.35. The number of ether oxygens (including phenoxy) is 2. The van der Waals surface area contributed by atoms with E-state index in [1.165, 1.54) is 25.7 Å². The molecule has 3 heteroatoms. The number of carbonyl (C=O) groups is 1. The molecule has 1 heterocycles. The summed E-state index contributed by atoms with van der Waals surface area (Å²) in [7, 11) is 0. The molecule has 0 aromatic rings. The number of carbonyl (C=O) groups excluding carboxylic acids is 1. The maximum absolute atomic E-state index is 11.0. The molecule has 0 aromatic carbocycles. The van der Waals surface area contributed by atoms with E-state index in [0.717, 1.165) is 5.92 Å². The molecule has 2 saturated carbocycles. The van der Waals surface area contributed by atoms with Crippen LogP contribution in [-0.4, -0.2) is 18.4 Å². The van der Waals surface area contributed by atoms with Crippen molar-refractivity contribution >= 4 is 6.16 Å². The lowest BCUT2D eigenvalue weighted by Crippen LogP contribution is -2.28. The summed E-state index contributed by atoms with van der Waals surface area (Å²) in [5.41, 5.74) is 0. The summed E-state index contributed by atoms with van der Waals surface area (Å²) in [5.74, 6) is 1.94. The van der Waals surface area contributed by atoms with E-state index in [2.05, 4.69) is 6.92 Å². The van der Waals surface area contributed by atoms with Gasteiger partial charge in [0.15, 0.2) is 0 Å². The van der Waals surface area contributed by atoms with E-state index >= 15 is 0 Å². The summed E-state index contributed by atoms with van der Waals surface area (Å²) >= 11 is 0. The molecule has 2 bridgehead atoms. The smallest absolute Gasteiger partial charge is 0.427 e. The first-order valence-electron chi connectivity index (χ1n) is 5.68. The summed E-state index contributed by atoms with van der Waals surface area (Å²) < 4.78 is 10.5. The van der Waals surface area contributed by atoms with Gasteiger partial charge in [-0.2, -0.15) is 0 Å². The Labute approximate surface area is 83.8 Å². The maximum Gasteiger partial charge on any atom is 0.509 e. The summed E-state index contributed by atoms with van der Waals surface area (Å²) in [4.78, 5) is 11.0. The monoisotopic (exact) mass is 196 g/mol. The Morgan fingerprint density at radius 1 is 1.21 bits per heavy atom. The number of hydrogen-bond acceptors (Lipinski definition) is 3. The third-order valence-electron chi connectivity index (χ3n) is 4.19. The fourth-order valence-corrected chi connectivity index (χ4v) is 3.75. The van der Waals surface area contributed by atoms with Crippen LogP contribution in [0.3, 0.4) is 0 Å². The number of rotatable bonds is 2. The molecule has 1 aliphatic heterocycles. The zero-order valence-corrected chi connectivity index (χ0v) is 8.44. The molecule has 3 fully saturated rings. The van der Waals surface area contributed by atoms with Gasteiger partial charge in [-0.25, -0.2) is 4.79 Å². The largest absolute Gasteiger partial charge is 0.509 e. The van der Waals surface area contributed by atoms with Crippen LogP contribution in [0.15, 0.2) is 0 Å². The predicted molar refractivity (Wildman–Crippen MR) is 49.8 cm³/mol. The van der Waals surface area contributed by atoms with E-state index in [1.54, 1.807) is 0 Å². The highest BCUT2D eigenvalue weighted by Crippen LogP contribution is 2.55. The van der Waals surface area contributed by atoms with Crippen molar-refractivity contribution in [3.8, 4) is 0 Å². The fraction of sp³-hybridized carbons (Fsp3) is 0.909. The SMILES string of the molecule is CCCC1C2CCC1C1OC(=O)OC21.